The van der Waals surface area contributed by atoms with Crippen LogP contribution in [0.3, 0.4) is 0 Å². The Morgan fingerprint density at radius 1 is 1.36 bits per heavy atom. The molecule has 0 heterocycles. The largest absolute Gasteiger partial charge is 0.294 e. The van der Waals surface area contributed by atoms with Crippen LogP contribution >= 0.6 is 0 Å². The zero-order valence-electron chi connectivity index (χ0n) is 7.94. The van der Waals surface area contributed by atoms with E-state index in [2.05, 4.69) is 0 Å². The lowest BCUT2D eigenvalue weighted by Gasteiger charge is -2.05. The van der Waals surface area contributed by atoms with Crippen molar-refractivity contribution >= 4 is 15.8 Å². The van der Waals surface area contributed by atoms with Crippen molar-refractivity contribution in [3.05, 3.63) is 29.3 Å². The zero-order valence-corrected chi connectivity index (χ0v) is 8.76. The standard InChI is InChI=1S/C9H11NO3S/c1-6-3-4-8(7(2)11)9(5-6)14(10,12)13/h3-5H,1-2H3,(H2,10,12,13). The molecule has 14 heavy (non-hydrogen) atoms. The molecule has 0 saturated heterocycles. The number of carbonyl (C=O) groups is 1. The molecule has 0 radical (unpaired) electrons. The van der Waals surface area contributed by atoms with Gasteiger partial charge in [0.1, 0.15) is 0 Å². The van der Waals surface area contributed by atoms with E-state index in [0.717, 1.165) is 5.56 Å². The Kier molecular flexibility index (Phi) is 2.73. The summed E-state index contributed by atoms with van der Waals surface area (Å²) >= 11 is 0. The number of rotatable bonds is 2. The number of primary sulfonamides is 1. The third-order valence-corrected chi connectivity index (χ3v) is 2.77. The fourth-order valence-electron chi connectivity index (χ4n) is 1.16. The maximum absolute atomic E-state index is 11.1. The van der Waals surface area contributed by atoms with Crippen LogP contribution in [0.5, 0.6) is 0 Å². The minimum atomic E-state index is -3.82. The Labute approximate surface area is 82.8 Å². The molecule has 0 saturated carbocycles. The van der Waals surface area contributed by atoms with E-state index in [1.165, 1.54) is 19.1 Å². The van der Waals surface area contributed by atoms with Gasteiger partial charge in [-0.25, -0.2) is 13.6 Å². The van der Waals surface area contributed by atoms with Gasteiger partial charge in [0, 0.05) is 5.56 Å². The summed E-state index contributed by atoms with van der Waals surface area (Å²) < 4.78 is 22.3. The van der Waals surface area contributed by atoms with Crippen molar-refractivity contribution in [1.82, 2.24) is 0 Å². The predicted octanol–water partition coefficient (Wildman–Crippen LogP) is 0.845. The number of hydrogen-bond donors (Lipinski definition) is 1. The molecule has 0 aliphatic heterocycles. The van der Waals surface area contributed by atoms with Gasteiger partial charge in [0.15, 0.2) is 5.78 Å². The van der Waals surface area contributed by atoms with Gasteiger partial charge in [-0.05, 0) is 31.5 Å². The minimum absolute atomic E-state index is 0.106. The van der Waals surface area contributed by atoms with Crippen LogP contribution in [0.15, 0.2) is 23.1 Å². The Balaban J connectivity index is 3.54. The van der Waals surface area contributed by atoms with Gasteiger partial charge < -0.3 is 0 Å². The first kappa shape index (κ1) is 10.9. The van der Waals surface area contributed by atoms with Crippen LogP contribution in [-0.2, 0) is 10.0 Å². The van der Waals surface area contributed by atoms with Crippen LogP contribution in [0.4, 0.5) is 0 Å². The van der Waals surface area contributed by atoms with Gasteiger partial charge in [0.25, 0.3) is 0 Å². The Morgan fingerprint density at radius 3 is 2.36 bits per heavy atom. The number of aryl methyl sites for hydroxylation is 1. The molecule has 1 rings (SSSR count). The van der Waals surface area contributed by atoms with Crippen molar-refractivity contribution in [2.75, 3.05) is 0 Å². The lowest BCUT2D eigenvalue weighted by Crippen LogP contribution is -2.16. The maximum Gasteiger partial charge on any atom is 0.238 e. The van der Waals surface area contributed by atoms with Crippen molar-refractivity contribution < 1.29 is 13.2 Å². The first-order chi connectivity index (χ1) is 6.32. The van der Waals surface area contributed by atoms with E-state index < -0.39 is 10.0 Å². The summed E-state index contributed by atoms with van der Waals surface area (Å²) in [4.78, 5) is 11.0. The Hall–Kier alpha value is -1.20. The molecule has 0 unspecified atom stereocenters. The molecule has 1 aromatic carbocycles. The average Bonchev–Trinajstić information content (AvgIpc) is 2.01. The summed E-state index contributed by atoms with van der Waals surface area (Å²) in [5.41, 5.74) is 0.886. The molecule has 4 nitrogen and oxygen atoms in total. The third kappa shape index (κ3) is 2.18. The molecule has 5 heteroatoms. The molecule has 1 aromatic rings. The summed E-state index contributed by atoms with van der Waals surface area (Å²) in [7, 11) is -3.82. The third-order valence-electron chi connectivity index (χ3n) is 1.82. The van der Waals surface area contributed by atoms with E-state index in [1.807, 2.05) is 0 Å². The highest BCUT2D eigenvalue weighted by atomic mass is 32.2. The van der Waals surface area contributed by atoms with Crippen LogP contribution in [0.1, 0.15) is 22.8 Å². The van der Waals surface area contributed by atoms with Crippen molar-refractivity contribution in [3.8, 4) is 0 Å². The van der Waals surface area contributed by atoms with Gasteiger partial charge in [-0.2, -0.15) is 0 Å². The number of carbonyl (C=O) groups excluding carboxylic acids is 1. The summed E-state index contributed by atoms with van der Waals surface area (Å²) in [6.45, 7) is 3.04. The Bertz CT molecular complexity index is 477. The van der Waals surface area contributed by atoms with Gasteiger partial charge in [0.05, 0.1) is 4.90 Å². The minimum Gasteiger partial charge on any atom is -0.294 e. The SMILES string of the molecule is CC(=O)c1ccc(C)cc1S(N)(=O)=O. The van der Waals surface area contributed by atoms with Gasteiger partial charge in [-0.15, -0.1) is 0 Å². The number of Topliss-reactive ketones (excluding diaryl/α,β-unsaturated/α-hetero) is 1. The number of hydrogen-bond acceptors (Lipinski definition) is 3. The van der Waals surface area contributed by atoms with Gasteiger partial charge in [-0.1, -0.05) is 6.07 Å². The molecule has 0 aliphatic carbocycles. The van der Waals surface area contributed by atoms with Crippen LogP contribution in [0.2, 0.25) is 0 Å². The zero-order chi connectivity index (χ0) is 10.9. The summed E-state index contributed by atoms with van der Waals surface area (Å²) in [6, 6.07) is 4.54. The number of nitrogens with two attached hydrogens (primary N) is 1. The van der Waals surface area contributed by atoms with E-state index in [0.29, 0.717) is 0 Å². The Morgan fingerprint density at radius 2 is 1.93 bits per heavy atom. The summed E-state index contributed by atoms with van der Waals surface area (Å²) in [6.07, 6.45) is 0. The molecular formula is C9H11NO3S. The molecule has 2 N–H and O–H groups in total. The second-order valence-electron chi connectivity index (χ2n) is 3.10. The second kappa shape index (κ2) is 3.51. The predicted molar refractivity (Wildman–Crippen MR) is 52.6 cm³/mol. The molecule has 0 fully saturated rings. The maximum atomic E-state index is 11.1. The number of sulfonamides is 1. The van der Waals surface area contributed by atoms with Crippen molar-refractivity contribution in [1.29, 1.82) is 0 Å². The number of ketones is 1. The van der Waals surface area contributed by atoms with E-state index in [9.17, 15) is 13.2 Å². The monoisotopic (exact) mass is 213 g/mol. The van der Waals surface area contributed by atoms with E-state index in [-0.39, 0.29) is 16.2 Å². The highest BCUT2D eigenvalue weighted by molar-refractivity contribution is 7.89. The smallest absolute Gasteiger partial charge is 0.238 e. The van der Waals surface area contributed by atoms with Crippen molar-refractivity contribution in [3.63, 3.8) is 0 Å². The molecule has 0 amide bonds. The molecule has 0 atom stereocenters. The molecule has 0 bridgehead atoms. The van der Waals surface area contributed by atoms with Crippen molar-refractivity contribution in [2.24, 2.45) is 5.14 Å². The normalized spacial score (nSPS) is 11.4. The fraction of sp³-hybridized carbons (Fsp3) is 0.222. The van der Waals surface area contributed by atoms with Gasteiger partial charge in [-0.3, -0.25) is 4.79 Å². The molecule has 0 aromatic heterocycles. The lowest BCUT2D eigenvalue weighted by atomic mass is 10.1. The quantitative estimate of drug-likeness (QED) is 0.739. The first-order valence-electron chi connectivity index (χ1n) is 3.97. The van der Waals surface area contributed by atoms with Crippen LogP contribution in [0, 0.1) is 6.92 Å². The van der Waals surface area contributed by atoms with Gasteiger partial charge >= 0.3 is 0 Å². The van der Waals surface area contributed by atoms with E-state index >= 15 is 0 Å². The summed E-state index contributed by atoms with van der Waals surface area (Å²) in [5.74, 6) is -0.311. The number of benzene rings is 1. The second-order valence-corrected chi connectivity index (χ2v) is 4.63. The van der Waals surface area contributed by atoms with Crippen LogP contribution in [-0.4, -0.2) is 14.2 Å². The average molecular weight is 213 g/mol. The highest BCUT2D eigenvalue weighted by Gasteiger charge is 2.16. The highest BCUT2D eigenvalue weighted by Crippen LogP contribution is 2.16. The molecule has 0 aliphatic rings. The molecule has 76 valence electrons. The topological polar surface area (TPSA) is 77.2 Å². The van der Waals surface area contributed by atoms with Gasteiger partial charge in [0.2, 0.25) is 10.0 Å². The lowest BCUT2D eigenvalue weighted by molar-refractivity contribution is 0.101. The van der Waals surface area contributed by atoms with E-state index in [1.54, 1.807) is 13.0 Å². The summed E-state index contributed by atoms with van der Waals surface area (Å²) in [5, 5.41) is 4.98. The molecular weight excluding hydrogens is 202 g/mol. The van der Waals surface area contributed by atoms with Crippen LogP contribution < -0.4 is 5.14 Å². The fourth-order valence-corrected chi connectivity index (χ4v) is 2.02. The first-order valence-corrected chi connectivity index (χ1v) is 5.51. The molecule has 0 spiro atoms. The van der Waals surface area contributed by atoms with Crippen LogP contribution in [0.25, 0.3) is 0 Å². The van der Waals surface area contributed by atoms with E-state index in [4.69, 9.17) is 5.14 Å². The van der Waals surface area contributed by atoms with Crippen molar-refractivity contribution in [2.45, 2.75) is 18.7 Å².